The minimum atomic E-state index is 0. The molecule has 0 aliphatic heterocycles. The summed E-state index contributed by atoms with van der Waals surface area (Å²) in [6.07, 6.45) is 26.7. The van der Waals surface area contributed by atoms with Crippen molar-refractivity contribution in [3.8, 4) is 0 Å². The number of rotatable bonds is 44. The quantitative estimate of drug-likeness (QED) is 0.0578. The summed E-state index contributed by atoms with van der Waals surface area (Å²) in [4.78, 5) is 0. The molecular formula is C90H187Li9O7S9. The van der Waals surface area contributed by atoms with Crippen molar-refractivity contribution in [1.82, 2.24) is 0 Å². The van der Waals surface area contributed by atoms with Crippen molar-refractivity contribution in [2.45, 2.75) is 356 Å². The third-order valence-electron chi connectivity index (χ3n) is 19.5. The van der Waals surface area contributed by atoms with E-state index in [0.29, 0.717) is 79.5 Å². The maximum Gasteiger partial charge on any atom is 1.00 e. The number of benzene rings is 1. The van der Waals surface area contributed by atoms with Gasteiger partial charge in [0.1, 0.15) is 0 Å². The Balaban J connectivity index is -0.0000000476. The first-order valence-electron chi connectivity index (χ1n) is 41.8. The predicted molar refractivity (Wildman–Crippen MR) is 507 cm³/mol. The number of hydrogen-bond donors (Lipinski definition) is 0. The molecule has 1 rings (SSSR count). The van der Waals surface area contributed by atoms with Crippen molar-refractivity contribution in [3.05, 3.63) is 35.4 Å². The number of hydrogen-bond acceptors (Lipinski definition) is 16. The summed E-state index contributed by atoms with van der Waals surface area (Å²) in [6.45, 7) is 66.5. The van der Waals surface area contributed by atoms with Gasteiger partial charge in [0.15, 0.2) is 0 Å². The molecule has 0 heterocycles. The van der Waals surface area contributed by atoms with Gasteiger partial charge in [-0.1, -0.05) is 318 Å². The first kappa shape index (κ1) is 172. The Bertz CT molecular complexity index is 1700. The molecule has 0 aliphatic carbocycles. The second-order valence-corrected chi connectivity index (χ2v) is 35.6. The molecule has 0 N–H and O–H groups in total. The van der Waals surface area contributed by atoms with Crippen LogP contribution in [0, 0.1) is 63.1 Å². The van der Waals surface area contributed by atoms with Gasteiger partial charge < -0.3 is 147 Å². The Morgan fingerprint density at radius 3 is 0.913 bits per heavy atom. The second-order valence-electron chi connectivity index (χ2n) is 31.5. The first-order chi connectivity index (χ1) is 49.8. The summed E-state index contributed by atoms with van der Waals surface area (Å²) >= 11 is 44.0. The molecule has 0 amide bonds. The van der Waals surface area contributed by atoms with Crippen molar-refractivity contribution in [3.63, 3.8) is 0 Å². The van der Waals surface area contributed by atoms with E-state index in [-0.39, 0.29) is 181 Å². The summed E-state index contributed by atoms with van der Waals surface area (Å²) in [5.74, 6) is 9.85. The maximum absolute atomic E-state index is 5.30. The van der Waals surface area contributed by atoms with Crippen LogP contribution in [0.15, 0.2) is 24.3 Å². The molecule has 25 heteroatoms. The maximum atomic E-state index is 5.30. The molecule has 0 spiro atoms. The Morgan fingerprint density at radius 2 is 0.722 bits per heavy atom. The molecule has 115 heavy (non-hydrogen) atoms. The summed E-state index contributed by atoms with van der Waals surface area (Å²) in [7, 11) is 12.2. The second kappa shape index (κ2) is 128. The molecule has 0 aromatic heterocycles. The zero-order chi connectivity index (χ0) is 85.2. The van der Waals surface area contributed by atoms with Crippen LogP contribution < -0.4 is 170 Å². The SMILES string of the molecule is CC([S-])C(C)(C)C.CC([S-])C(C)C[S-].CCC(C)CC.CCC(C)[S-].CCC(C[S-])(C[S-])COC.CCCC(C)(CCC)COC.CCCC(C)COC.CCCC(CC)(CCC)COC.CCCC(CC)C(C)COC.CCCc1ccc(C(C)CC)cc1.COC(C[S-])C(C)C[S-].COCC(C)C[S-].[Li+].[Li+].[Li+].[Li+].[Li+].[Li+].[Li+].[Li+].[Li+]. The van der Waals surface area contributed by atoms with E-state index in [9.17, 15) is 0 Å². The topological polar surface area (TPSA) is 64.6 Å². The van der Waals surface area contributed by atoms with Crippen LogP contribution in [-0.2, 0) is 153 Å². The minimum Gasteiger partial charge on any atom is -0.792 e. The molecule has 0 radical (unpaired) electrons. The molecule has 0 fully saturated rings. The largest absolute Gasteiger partial charge is 1.00 e. The van der Waals surface area contributed by atoms with Gasteiger partial charge in [-0.2, -0.15) is 44.5 Å². The predicted octanol–water partition coefficient (Wildman–Crippen LogP) is -1.26. The van der Waals surface area contributed by atoms with Gasteiger partial charge in [-0.05, 0) is 115 Å². The number of ether oxygens (including phenoxy) is 7. The van der Waals surface area contributed by atoms with Gasteiger partial charge in [-0.3, -0.25) is 0 Å². The fourth-order valence-electron chi connectivity index (χ4n) is 10.0. The van der Waals surface area contributed by atoms with Crippen molar-refractivity contribution in [2.75, 3.05) is 124 Å². The normalized spacial score (nSPS) is 13.0. The van der Waals surface area contributed by atoms with Crippen LogP contribution in [0.4, 0.5) is 0 Å². The van der Waals surface area contributed by atoms with E-state index in [1.165, 1.54) is 133 Å². The fourth-order valence-corrected chi connectivity index (χ4v) is 12.2. The molecule has 0 saturated carbocycles. The first-order valence-corrected chi connectivity index (χ1v) is 46.7. The standard InChI is InChI=1S/C13H20.C11H24O.2C10H22O.C7H16OS2.C7H16O.C6H14OS2.C6H14S.C6H14.C5H12OS.C5H12S2.C4H10S.9Li/c1-4-6-12-7-9-13(10-8-12)11(3)5-2;1-5-8-11(7-3,9-6-2)10-12-4;1-5-7-10(6-2)9(3)8-11-4;1-5-7-10(3,8-6-2)9-11-4;1-3-7(5-9,6-10)4-8-2;1-4-5-7(2)6-8-3;1-5(3-8)6(4-9)7-2;1-5(7)6(2,3)4;1-4-6(3)5-2;1-5(4-7)3-6-2;1-4(3-6)5(2)7;1-3-4(2)5;;;;;;;;;/h7-11H,4-6H2,1-3H3;5-10H2,1-4H3;9-10H,5-8H2,1-4H3;5-9H2,1-4H3;9-10H,3-6H2,1-2H3;7H,4-6H2,1-3H3;5-6,8-9H,3-4H2,1-2H3;5,7H,1-4H3;6H,4-5H2,1-3H3;5,7H,3-4H2,1-2H3;4-7H,3H2,1-2H3;4-5H,3H2,1-2H3;;;;;;;;;/q;;;;;;;;;;;;9*+1/p-9. The van der Waals surface area contributed by atoms with Gasteiger partial charge in [0.25, 0.3) is 0 Å². The molecule has 0 bridgehead atoms. The molecule has 0 saturated heterocycles. The van der Waals surface area contributed by atoms with E-state index in [1.807, 2.05) is 21.0 Å². The van der Waals surface area contributed by atoms with E-state index >= 15 is 0 Å². The van der Waals surface area contributed by atoms with Crippen LogP contribution in [0.2, 0.25) is 0 Å². The zero-order valence-electron chi connectivity index (χ0n) is 86.1. The van der Waals surface area contributed by atoms with Gasteiger partial charge in [0.05, 0.1) is 13.2 Å². The van der Waals surface area contributed by atoms with Crippen molar-refractivity contribution in [2.24, 2.45) is 63.1 Å². The summed E-state index contributed by atoms with van der Waals surface area (Å²) in [5.41, 5.74) is 4.24. The van der Waals surface area contributed by atoms with E-state index in [2.05, 4.69) is 204 Å². The molecule has 11 atom stereocenters. The third kappa shape index (κ3) is 126. The molecule has 1 aromatic rings. The van der Waals surface area contributed by atoms with Crippen LogP contribution in [0.5, 0.6) is 0 Å². The van der Waals surface area contributed by atoms with Crippen molar-refractivity contribution in [1.29, 1.82) is 0 Å². The van der Waals surface area contributed by atoms with Gasteiger partial charge in [-0.15, -0.1) is 5.75 Å². The molecule has 652 valence electrons. The Labute approximate surface area is 884 Å². The Kier molecular flexibility index (Phi) is 191. The molecule has 11 unspecified atom stereocenters. The van der Waals surface area contributed by atoms with Gasteiger partial charge in [0, 0.05) is 82.3 Å². The monoisotopic (exact) mass is 1730 g/mol. The summed E-state index contributed by atoms with van der Waals surface area (Å²) < 4.78 is 35.6. The Hall–Kier alpha value is 7.47. The van der Waals surface area contributed by atoms with Gasteiger partial charge >= 0.3 is 170 Å². The molecule has 1 aromatic carbocycles. The van der Waals surface area contributed by atoms with Crippen LogP contribution in [0.1, 0.15) is 339 Å². The number of methoxy groups -OCH3 is 7. The summed E-state index contributed by atoms with van der Waals surface area (Å²) in [6, 6.07) is 9.09. The van der Waals surface area contributed by atoms with E-state index in [0.717, 1.165) is 86.8 Å². The van der Waals surface area contributed by atoms with Crippen molar-refractivity contribution < 1.29 is 203 Å². The molecule has 7 nitrogen and oxygen atoms in total. The van der Waals surface area contributed by atoms with Crippen LogP contribution in [0.25, 0.3) is 0 Å². The van der Waals surface area contributed by atoms with Crippen LogP contribution >= 0.6 is 0 Å². The van der Waals surface area contributed by atoms with E-state index < -0.39 is 0 Å². The fraction of sp³-hybridized carbons (Fsp3) is 0.933. The molecule has 0 aliphatic rings. The third-order valence-corrected chi connectivity index (χ3v) is 24.2. The van der Waals surface area contributed by atoms with Crippen LogP contribution in [-0.4, -0.2) is 146 Å². The van der Waals surface area contributed by atoms with Crippen LogP contribution in [0.3, 0.4) is 0 Å². The average Bonchev–Trinajstić information content (AvgIpc) is 0.890. The smallest absolute Gasteiger partial charge is 0.792 e. The number of aryl methyl sites for hydroxylation is 1. The van der Waals surface area contributed by atoms with Gasteiger partial charge in [0.2, 0.25) is 0 Å². The van der Waals surface area contributed by atoms with E-state index in [4.69, 9.17) is 147 Å². The average molecular weight is 1730 g/mol. The van der Waals surface area contributed by atoms with E-state index in [1.54, 1.807) is 42.7 Å². The van der Waals surface area contributed by atoms with Gasteiger partial charge in [-0.25, -0.2) is 0 Å². The zero-order valence-corrected chi connectivity index (χ0v) is 93.5. The minimum absolute atomic E-state index is 0. The van der Waals surface area contributed by atoms with Crippen molar-refractivity contribution >= 4 is 114 Å². The Morgan fingerprint density at radius 1 is 0.357 bits per heavy atom. The molecular weight excluding hydrogens is 1540 g/mol. The summed E-state index contributed by atoms with van der Waals surface area (Å²) in [5, 5.41) is 1.19.